The first kappa shape index (κ1) is 12.3. The zero-order chi connectivity index (χ0) is 12.4. The largest absolute Gasteiger partial charge is 0.326 e. The minimum atomic E-state index is 0.605. The van der Waals surface area contributed by atoms with Crippen LogP contribution in [0.25, 0.3) is 11.1 Å². The van der Waals surface area contributed by atoms with Crippen molar-refractivity contribution in [1.29, 1.82) is 0 Å². The van der Waals surface area contributed by atoms with E-state index < -0.39 is 0 Å². The molecule has 3 nitrogen and oxygen atoms in total. The molecule has 0 aliphatic carbocycles. The molecular weight excluding hydrogens is 230 g/mol. The lowest BCUT2D eigenvalue weighted by Crippen LogP contribution is -1.99. The van der Waals surface area contributed by atoms with Crippen molar-refractivity contribution in [2.75, 3.05) is 0 Å². The third-order valence-corrected chi connectivity index (χ3v) is 4.05. The Morgan fingerprint density at radius 2 is 2.12 bits per heavy atom. The Hall–Kier alpha value is -1.13. The maximum absolute atomic E-state index is 5.81. The van der Waals surface area contributed by atoms with E-state index in [1.165, 1.54) is 27.4 Å². The molecule has 0 radical (unpaired) electrons. The summed E-state index contributed by atoms with van der Waals surface area (Å²) in [5.41, 5.74) is 10.9. The first-order valence-corrected chi connectivity index (χ1v) is 6.92. The molecule has 0 saturated heterocycles. The number of hydrogen-bond acceptors (Lipinski definition) is 3. The zero-order valence-electron chi connectivity index (χ0n) is 10.7. The van der Waals surface area contributed by atoms with Crippen LogP contribution in [0.1, 0.15) is 30.1 Å². The molecular formula is C13H19N3S. The Labute approximate surface area is 106 Å². The predicted molar refractivity (Wildman–Crippen MR) is 73.2 cm³/mol. The first-order chi connectivity index (χ1) is 8.22. The molecule has 2 N–H and O–H groups in total. The third-order valence-electron chi connectivity index (χ3n) is 3.11. The molecule has 4 heteroatoms. The fraction of sp³-hybridized carbons (Fsp3) is 0.462. The molecule has 0 unspecified atom stereocenters. The van der Waals surface area contributed by atoms with Crippen LogP contribution in [-0.4, -0.2) is 9.78 Å². The van der Waals surface area contributed by atoms with Crippen LogP contribution in [0.3, 0.4) is 0 Å². The second-order valence-electron chi connectivity index (χ2n) is 4.06. The van der Waals surface area contributed by atoms with Crippen LogP contribution in [0.15, 0.2) is 11.4 Å². The molecule has 0 amide bonds. The summed E-state index contributed by atoms with van der Waals surface area (Å²) >= 11 is 1.73. The fourth-order valence-electron chi connectivity index (χ4n) is 2.31. The number of aryl methyl sites for hydroxylation is 2. The second kappa shape index (κ2) is 5.02. The molecule has 0 atom stereocenters. The van der Waals surface area contributed by atoms with Crippen molar-refractivity contribution in [3.05, 3.63) is 27.7 Å². The number of thiophene rings is 1. The Morgan fingerprint density at radius 3 is 2.71 bits per heavy atom. The third kappa shape index (κ3) is 2.03. The van der Waals surface area contributed by atoms with Gasteiger partial charge in [0.05, 0.1) is 5.69 Å². The van der Waals surface area contributed by atoms with E-state index in [-0.39, 0.29) is 0 Å². The molecule has 92 valence electrons. The molecule has 0 aromatic carbocycles. The maximum Gasteiger partial charge on any atom is 0.0703 e. The van der Waals surface area contributed by atoms with Crippen molar-refractivity contribution in [2.45, 2.75) is 33.2 Å². The van der Waals surface area contributed by atoms with Gasteiger partial charge in [-0.1, -0.05) is 13.8 Å². The number of rotatable bonds is 4. The Balaban J connectivity index is 2.64. The maximum atomic E-state index is 5.81. The van der Waals surface area contributed by atoms with E-state index >= 15 is 0 Å². The van der Waals surface area contributed by atoms with Gasteiger partial charge < -0.3 is 5.73 Å². The quantitative estimate of drug-likeness (QED) is 0.905. The topological polar surface area (TPSA) is 43.8 Å². The van der Waals surface area contributed by atoms with E-state index in [1.807, 2.05) is 11.7 Å². The van der Waals surface area contributed by atoms with Gasteiger partial charge in [0.1, 0.15) is 0 Å². The van der Waals surface area contributed by atoms with Gasteiger partial charge in [-0.15, -0.1) is 11.3 Å². The standard InChI is InChI=1S/C13H19N3S/c1-4-10-13(11(5-2)16(3)15-10)9-6-7-17-12(9)8-14/h6-7H,4-5,8,14H2,1-3H3. The van der Waals surface area contributed by atoms with Crippen molar-refractivity contribution >= 4 is 11.3 Å². The van der Waals surface area contributed by atoms with E-state index in [2.05, 4.69) is 30.4 Å². The van der Waals surface area contributed by atoms with Gasteiger partial charge in [-0.3, -0.25) is 4.68 Å². The summed E-state index contributed by atoms with van der Waals surface area (Å²) in [4.78, 5) is 1.25. The summed E-state index contributed by atoms with van der Waals surface area (Å²) in [7, 11) is 2.02. The summed E-state index contributed by atoms with van der Waals surface area (Å²) in [5, 5.41) is 6.73. The van der Waals surface area contributed by atoms with E-state index in [4.69, 9.17) is 5.73 Å². The zero-order valence-corrected chi connectivity index (χ0v) is 11.5. The highest BCUT2D eigenvalue weighted by molar-refractivity contribution is 7.10. The van der Waals surface area contributed by atoms with Crippen LogP contribution in [-0.2, 0) is 26.4 Å². The van der Waals surface area contributed by atoms with Crippen molar-refractivity contribution in [3.63, 3.8) is 0 Å². The van der Waals surface area contributed by atoms with Crippen LogP contribution in [0.2, 0.25) is 0 Å². The number of nitrogens with two attached hydrogens (primary N) is 1. The molecule has 2 aromatic heterocycles. The van der Waals surface area contributed by atoms with Crippen LogP contribution in [0.5, 0.6) is 0 Å². The molecule has 17 heavy (non-hydrogen) atoms. The van der Waals surface area contributed by atoms with Crippen molar-refractivity contribution in [3.8, 4) is 11.1 Å². The van der Waals surface area contributed by atoms with E-state index in [9.17, 15) is 0 Å². The smallest absolute Gasteiger partial charge is 0.0703 e. The minimum Gasteiger partial charge on any atom is -0.326 e. The van der Waals surface area contributed by atoms with Gasteiger partial charge in [-0.05, 0) is 24.3 Å². The van der Waals surface area contributed by atoms with Gasteiger partial charge in [0.25, 0.3) is 0 Å². The molecule has 2 rings (SSSR count). The van der Waals surface area contributed by atoms with Crippen LogP contribution in [0.4, 0.5) is 0 Å². The Bertz CT molecular complexity index is 511. The molecule has 0 saturated carbocycles. The second-order valence-corrected chi connectivity index (χ2v) is 5.06. The predicted octanol–water partition coefficient (Wildman–Crippen LogP) is 2.73. The number of aromatic nitrogens is 2. The lowest BCUT2D eigenvalue weighted by molar-refractivity contribution is 0.705. The average molecular weight is 249 g/mol. The van der Waals surface area contributed by atoms with E-state index in [0.717, 1.165) is 12.8 Å². The SMILES string of the molecule is CCc1nn(C)c(CC)c1-c1ccsc1CN. The van der Waals surface area contributed by atoms with Gasteiger partial charge in [-0.2, -0.15) is 5.10 Å². The summed E-state index contributed by atoms with van der Waals surface area (Å²) < 4.78 is 2.01. The summed E-state index contributed by atoms with van der Waals surface area (Å²) in [5.74, 6) is 0. The average Bonchev–Trinajstić information content (AvgIpc) is 2.91. The van der Waals surface area contributed by atoms with Crippen molar-refractivity contribution < 1.29 is 0 Å². The molecule has 2 aromatic rings. The van der Waals surface area contributed by atoms with Gasteiger partial charge >= 0.3 is 0 Å². The van der Waals surface area contributed by atoms with Crippen LogP contribution >= 0.6 is 11.3 Å². The van der Waals surface area contributed by atoms with Gasteiger partial charge in [0.2, 0.25) is 0 Å². The summed E-state index contributed by atoms with van der Waals surface area (Å²) in [6.07, 6.45) is 1.96. The first-order valence-electron chi connectivity index (χ1n) is 6.04. The normalized spacial score (nSPS) is 11.1. The monoisotopic (exact) mass is 249 g/mol. The lowest BCUT2D eigenvalue weighted by atomic mass is 10.0. The summed E-state index contributed by atoms with van der Waals surface area (Å²) in [6, 6.07) is 2.17. The number of hydrogen-bond donors (Lipinski definition) is 1. The Kier molecular flexibility index (Phi) is 3.64. The van der Waals surface area contributed by atoms with Crippen molar-refractivity contribution in [1.82, 2.24) is 9.78 Å². The summed E-state index contributed by atoms with van der Waals surface area (Å²) in [6.45, 7) is 4.93. The Morgan fingerprint density at radius 1 is 1.35 bits per heavy atom. The molecule has 0 spiro atoms. The van der Waals surface area contributed by atoms with Crippen LogP contribution < -0.4 is 5.73 Å². The van der Waals surface area contributed by atoms with Crippen LogP contribution in [0, 0.1) is 0 Å². The molecule has 2 heterocycles. The highest BCUT2D eigenvalue weighted by Crippen LogP contribution is 2.33. The van der Waals surface area contributed by atoms with E-state index in [1.54, 1.807) is 11.3 Å². The minimum absolute atomic E-state index is 0.605. The highest BCUT2D eigenvalue weighted by Gasteiger charge is 2.18. The molecule has 0 fully saturated rings. The lowest BCUT2D eigenvalue weighted by Gasteiger charge is -2.05. The fourth-order valence-corrected chi connectivity index (χ4v) is 3.07. The number of nitrogens with zero attached hydrogens (tertiary/aromatic N) is 2. The van der Waals surface area contributed by atoms with E-state index in [0.29, 0.717) is 6.54 Å². The molecule has 0 bridgehead atoms. The van der Waals surface area contributed by atoms with Crippen molar-refractivity contribution in [2.24, 2.45) is 12.8 Å². The highest BCUT2D eigenvalue weighted by atomic mass is 32.1. The van der Waals surface area contributed by atoms with Gasteiger partial charge in [-0.25, -0.2) is 0 Å². The van der Waals surface area contributed by atoms with Gasteiger partial charge in [0.15, 0.2) is 0 Å². The van der Waals surface area contributed by atoms with Gasteiger partial charge in [0, 0.05) is 35.3 Å². The molecule has 0 aliphatic heterocycles. The molecule has 0 aliphatic rings.